The van der Waals surface area contributed by atoms with Gasteiger partial charge in [0.2, 0.25) is 0 Å². The molecule has 72 valence electrons. The highest BCUT2D eigenvalue weighted by Gasteiger charge is 2.19. The maximum Gasteiger partial charge on any atom is 0.324 e. The van der Waals surface area contributed by atoms with E-state index in [9.17, 15) is 4.79 Å². The van der Waals surface area contributed by atoms with Gasteiger partial charge in [-0.2, -0.15) is 0 Å². The van der Waals surface area contributed by atoms with E-state index in [1.165, 1.54) is 0 Å². The van der Waals surface area contributed by atoms with E-state index < -0.39 is 0 Å². The number of aromatic amines is 2. The summed E-state index contributed by atoms with van der Waals surface area (Å²) in [5.74, 6) is 0.347. The molecule has 4 nitrogen and oxygen atoms in total. The first-order valence-electron chi connectivity index (χ1n) is 4.46. The van der Waals surface area contributed by atoms with Crippen LogP contribution < -0.4 is 11.0 Å². The van der Waals surface area contributed by atoms with Gasteiger partial charge >= 0.3 is 5.69 Å². The summed E-state index contributed by atoms with van der Waals surface area (Å²) in [5.41, 5.74) is 0.629. The Hall–Kier alpha value is -0.740. The third-order valence-electron chi connectivity index (χ3n) is 2.41. The fourth-order valence-electron chi connectivity index (χ4n) is 1.75. The second-order valence-electron chi connectivity index (χ2n) is 3.35. The quantitative estimate of drug-likeness (QED) is 0.630. The fourth-order valence-corrected chi connectivity index (χ4v) is 2.04. The van der Waals surface area contributed by atoms with E-state index in [0.717, 1.165) is 31.6 Å². The average molecular weight is 202 g/mol. The molecule has 1 aliphatic heterocycles. The van der Waals surface area contributed by atoms with Crippen LogP contribution in [0.25, 0.3) is 0 Å². The zero-order valence-corrected chi connectivity index (χ0v) is 7.95. The van der Waals surface area contributed by atoms with E-state index in [-0.39, 0.29) is 5.69 Å². The predicted molar refractivity (Wildman–Crippen MR) is 51.3 cm³/mol. The lowest BCUT2D eigenvalue weighted by atomic mass is 9.97. The number of rotatable bonds is 1. The Labute approximate surface area is 80.7 Å². The number of nitrogens with one attached hydrogen (secondary N) is 3. The van der Waals surface area contributed by atoms with Crippen molar-refractivity contribution in [3.8, 4) is 0 Å². The first-order valence-corrected chi connectivity index (χ1v) is 4.83. The molecule has 3 N–H and O–H groups in total. The van der Waals surface area contributed by atoms with Crippen molar-refractivity contribution >= 4 is 11.6 Å². The van der Waals surface area contributed by atoms with Crippen molar-refractivity contribution in [3.63, 3.8) is 0 Å². The zero-order valence-electron chi connectivity index (χ0n) is 7.19. The van der Waals surface area contributed by atoms with Crippen LogP contribution in [0.3, 0.4) is 0 Å². The highest BCUT2D eigenvalue weighted by atomic mass is 35.5. The first-order chi connectivity index (χ1) is 6.27. The van der Waals surface area contributed by atoms with E-state index in [1.54, 1.807) is 0 Å². The fraction of sp³-hybridized carbons (Fsp3) is 0.625. The van der Waals surface area contributed by atoms with Crippen molar-refractivity contribution in [3.05, 3.63) is 21.3 Å². The molecule has 5 heteroatoms. The largest absolute Gasteiger partial charge is 0.324 e. The molecule has 0 saturated carbocycles. The molecule has 1 saturated heterocycles. The summed E-state index contributed by atoms with van der Waals surface area (Å²) in [6.45, 7) is 1.95. The van der Waals surface area contributed by atoms with Gasteiger partial charge in [0.25, 0.3) is 0 Å². The molecule has 2 rings (SSSR count). The minimum absolute atomic E-state index is 0.217. The Morgan fingerprint density at radius 2 is 2.23 bits per heavy atom. The Morgan fingerprint density at radius 3 is 2.77 bits per heavy atom. The average Bonchev–Trinajstić information content (AvgIpc) is 2.47. The number of piperidine rings is 1. The van der Waals surface area contributed by atoms with Gasteiger partial charge in [-0.25, -0.2) is 4.79 Å². The zero-order chi connectivity index (χ0) is 9.26. The Morgan fingerprint density at radius 1 is 1.38 bits per heavy atom. The van der Waals surface area contributed by atoms with E-state index in [2.05, 4.69) is 15.3 Å². The number of H-pyrrole nitrogens is 2. The molecule has 1 aromatic heterocycles. The van der Waals surface area contributed by atoms with Crippen LogP contribution in [0.2, 0.25) is 5.15 Å². The van der Waals surface area contributed by atoms with Gasteiger partial charge in [-0.15, -0.1) is 0 Å². The second kappa shape index (κ2) is 3.55. The summed E-state index contributed by atoms with van der Waals surface area (Å²) in [6.07, 6.45) is 2.22. The first kappa shape index (κ1) is 8.84. The number of imidazole rings is 1. The van der Waals surface area contributed by atoms with E-state index in [0.29, 0.717) is 11.1 Å². The summed E-state index contributed by atoms with van der Waals surface area (Å²) >= 11 is 5.86. The molecule has 1 unspecified atom stereocenters. The van der Waals surface area contributed by atoms with Crippen LogP contribution in [0.4, 0.5) is 0 Å². The summed E-state index contributed by atoms with van der Waals surface area (Å²) in [7, 11) is 0. The normalized spacial score (nSPS) is 23.3. The Balaban J connectivity index is 2.23. The molecular weight excluding hydrogens is 190 g/mol. The van der Waals surface area contributed by atoms with E-state index in [4.69, 9.17) is 11.6 Å². The summed E-state index contributed by atoms with van der Waals surface area (Å²) in [4.78, 5) is 16.2. The third kappa shape index (κ3) is 1.78. The lowest BCUT2D eigenvalue weighted by Gasteiger charge is -2.21. The Bertz CT molecular complexity index is 337. The smallest absolute Gasteiger partial charge is 0.316 e. The summed E-state index contributed by atoms with van der Waals surface area (Å²) in [5, 5.41) is 3.73. The van der Waals surface area contributed by atoms with Crippen molar-refractivity contribution in [1.82, 2.24) is 15.3 Å². The molecule has 0 bridgehead atoms. The molecule has 0 radical (unpaired) electrons. The van der Waals surface area contributed by atoms with Gasteiger partial charge in [0.05, 0.1) is 5.69 Å². The molecule has 1 atom stereocenters. The van der Waals surface area contributed by atoms with Crippen LogP contribution >= 0.6 is 11.6 Å². The highest BCUT2D eigenvalue weighted by Crippen LogP contribution is 2.25. The number of hydrogen-bond acceptors (Lipinski definition) is 2. The second-order valence-corrected chi connectivity index (χ2v) is 3.73. The minimum Gasteiger partial charge on any atom is -0.316 e. The van der Waals surface area contributed by atoms with Crippen molar-refractivity contribution in [1.29, 1.82) is 0 Å². The van der Waals surface area contributed by atoms with Gasteiger partial charge in [0.1, 0.15) is 5.15 Å². The van der Waals surface area contributed by atoms with Crippen molar-refractivity contribution in [2.45, 2.75) is 18.8 Å². The number of aromatic nitrogens is 2. The van der Waals surface area contributed by atoms with Crippen LogP contribution in [0.1, 0.15) is 24.5 Å². The summed E-state index contributed by atoms with van der Waals surface area (Å²) < 4.78 is 0. The van der Waals surface area contributed by atoms with Crippen LogP contribution in [0.5, 0.6) is 0 Å². The van der Waals surface area contributed by atoms with E-state index >= 15 is 0 Å². The van der Waals surface area contributed by atoms with Gasteiger partial charge < -0.3 is 10.3 Å². The molecule has 2 heterocycles. The van der Waals surface area contributed by atoms with Gasteiger partial charge in [-0.3, -0.25) is 4.98 Å². The number of halogens is 1. The molecule has 0 aromatic carbocycles. The Kier molecular flexibility index (Phi) is 2.42. The summed E-state index contributed by atoms with van der Waals surface area (Å²) in [6, 6.07) is 0. The molecule has 0 amide bonds. The maximum absolute atomic E-state index is 10.9. The van der Waals surface area contributed by atoms with Gasteiger partial charge in [0.15, 0.2) is 0 Å². The van der Waals surface area contributed by atoms with Crippen LogP contribution in [0, 0.1) is 0 Å². The van der Waals surface area contributed by atoms with E-state index in [1.807, 2.05) is 0 Å². The van der Waals surface area contributed by atoms with Crippen LogP contribution in [-0.2, 0) is 0 Å². The SMILES string of the molecule is O=c1[nH]c(Cl)c(C2CCCNC2)[nH]1. The molecule has 0 spiro atoms. The minimum atomic E-state index is -0.217. The van der Waals surface area contributed by atoms with Crippen molar-refractivity contribution in [2.75, 3.05) is 13.1 Å². The lowest BCUT2D eigenvalue weighted by molar-refractivity contribution is 0.455. The highest BCUT2D eigenvalue weighted by molar-refractivity contribution is 6.30. The molecular formula is C8H12ClN3O. The van der Waals surface area contributed by atoms with Crippen molar-refractivity contribution < 1.29 is 0 Å². The predicted octanol–water partition coefficient (Wildman–Crippen LogP) is 0.823. The third-order valence-corrected chi connectivity index (χ3v) is 2.71. The molecule has 0 aliphatic carbocycles. The van der Waals surface area contributed by atoms with Gasteiger partial charge in [-0.1, -0.05) is 11.6 Å². The number of hydrogen-bond donors (Lipinski definition) is 3. The molecule has 1 aromatic rings. The maximum atomic E-state index is 10.9. The van der Waals surface area contributed by atoms with Gasteiger partial charge in [-0.05, 0) is 19.4 Å². The van der Waals surface area contributed by atoms with Crippen molar-refractivity contribution in [2.24, 2.45) is 0 Å². The molecule has 13 heavy (non-hydrogen) atoms. The topological polar surface area (TPSA) is 60.7 Å². The lowest BCUT2D eigenvalue weighted by Crippen LogP contribution is -2.28. The van der Waals surface area contributed by atoms with Crippen LogP contribution in [-0.4, -0.2) is 23.1 Å². The molecule has 1 aliphatic rings. The standard InChI is InChI=1S/C8H12ClN3O/c9-7-6(11-8(13)12-7)5-2-1-3-10-4-5/h5,10H,1-4H2,(H2,11,12,13). The van der Waals surface area contributed by atoms with Gasteiger partial charge in [0, 0.05) is 12.5 Å². The molecule has 1 fully saturated rings. The van der Waals surface area contributed by atoms with Crippen LogP contribution in [0.15, 0.2) is 4.79 Å². The monoisotopic (exact) mass is 201 g/mol.